The highest BCUT2D eigenvalue weighted by Crippen LogP contribution is 2.29. The average molecular weight is 468 g/mol. The number of benzene rings is 1. The smallest absolute Gasteiger partial charge is 0.335 e. The lowest BCUT2D eigenvalue weighted by Gasteiger charge is -2.29. The first-order chi connectivity index (χ1) is 15.1. The van der Waals surface area contributed by atoms with Crippen LogP contribution in [0.25, 0.3) is 10.4 Å². The molecule has 1 saturated carbocycles. The van der Waals surface area contributed by atoms with Gasteiger partial charge in [-0.1, -0.05) is 5.11 Å². The number of amides is 1. The fourth-order valence-corrected chi connectivity index (χ4v) is 4.66. The van der Waals surface area contributed by atoms with E-state index in [1.807, 2.05) is 0 Å². The van der Waals surface area contributed by atoms with Crippen LogP contribution in [0.5, 0.6) is 0 Å². The van der Waals surface area contributed by atoms with Crippen LogP contribution in [0, 0.1) is 11.8 Å². The van der Waals surface area contributed by atoms with Crippen molar-refractivity contribution in [1.29, 1.82) is 0 Å². The zero-order valence-electron chi connectivity index (χ0n) is 17.2. The summed E-state index contributed by atoms with van der Waals surface area (Å²) in [5.74, 6) is -2.85. The van der Waals surface area contributed by atoms with Crippen molar-refractivity contribution in [2.24, 2.45) is 17.0 Å². The third-order valence-electron chi connectivity index (χ3n) is 5.32. The van der Waals surface area contributed by atoms with Crippen LogP contribution < -0.4 is 10.0 Å². The molecule has 0 aromatic heterocycles. The molecule has 0 saturated heterocycles. The fourth-order valence-electron chi connectivity index (χ4n) is 3.54. The minimum atomic E-state index is -3.79. The Morgan fingerprint density at radius 3 is 2.28 bits per heavy atom. The van der Waals surface area contributed by atoms with E-state index in [4.69, 9.17) is 15.7 Å². The van der Waals surface area contributed by atoms with Crippen LogP contribution in [0.3, 0.4) is 0 Å². The van der Waals surface area contributed by atoms with Gasteiger partial charge in [0.05, 0.1) is 16.9 Å². The number of carboxylic acids is 2. The summed E-state index contributed by atoms with van der Waals surface area (Å²) in [5.41, 5.74) is 8.39. The van der Waals surface area contributed by atoms with Gasteiger partial charge in [-0.15, -0.1) is 0 Å². The van der Waals surface area contributed by atoms with Gasteiger partial charge in [0.25, 0.3) is 0 Å². The van der Waals surface area contributed by atoms with Crippen molar-refractivity contribution in [3.8, 4) is 0 Å². The topological polar surface area (TPSA) is 199 Å². The van der Waals surface area contributed by atoms with Crippen LogP contribution >= 0.6 is 0 Å². The van der Waals surface area contributed by atoms with Crippen molar-refractivity contribution in [3.63, 3.8) is 0 Å². The highest BCUT2D eigenvalue weighted by Gasteiger charge is 2.29. The third-order valence-corrected chi connectivity index (χ3v) is 6.76. The summed E-state index contributed by atoms with van der Waals surface area (Å²) in [5, 5.41) is 23.8. The van der Waals surface area contributed by atoms with Crippen LogP contribution in [0.2, 0.25) is 0 Å². The summed E-state index contributed by atoms with van der Waals surface area (Å²) in [6.07, 6.45) is 1.91. The maximum absolute atomic E-state index is 12.4. The Morgan fingerprint density at radius 1 is 1.12 bits per heavy atom. The molecule has 0 radical (unpaired) electrons. The van der Waals surface area contributed by atoms with Crippen molar-refractivity contribution in [2.75, 3.05) is 13.1 Å². The first-order valence-corrected chi connectivity index (χ1v) is 11.5. The second-order valence-corrected chi connectivity index (χ2v) is 9.38. The Hall–Kier alpha value is -3.15. The van der Waals surface area contributed by atoms with Gasteiger partial charge in [-0.25, -0.2) is 17.9 Å². The molecule has 1 aromatic rings. The molecule has 0 bridgehead atoms. The molecular weight excluding hydrogens is 442 g/mol. The number of nitrogens with one attached hydrogen (secondary N) is 2. The summed E-state index contributed by atoms with van der Waals surface area (Å²) in [4.78, 5) is 36.8. The predicted octanol–water partition coefficient (Wildman–Crippen LogP) is 1.74. The largest absolute Gasteiger partial charge is 0.481 e. The van der Waals surface area contributed by atoms with Crippen LogP contribution in [0.4, 0.5) is 0 Å². The first kappa shape index (κ1) is 25.1. The molecular formula is C19H25N5O7S. The molecule has 174 valence electrons. The predicted molar refractivity (Wildman–Crippen MR) is 112 cm³/mol. The van der Waals surface area contributed by atoms with Gasteiger partial charge in [0.15, 0.2) is 0 Å². The van der Waals surface area contributed by atoms with E-state index in [-0.39, 0.29) is 47.7 Å². The molecule has 0 aliphatic heterocycles. The number of azide groups is 1. The summed E-state index contributed by atoms with van der Waals surface area (Å²) in [6, 6.07) is 4.13. The normalized spacial score (nSPS) is 19.4. The van der Waals surface area contributed by atoms with Gasteiger partial charge in [0, 0.05) is 30.0 Å². The highest BCUT2D eigenvalue weighted by molar-refractivity contribution is 7.89. The minimum absolute atomic E-state index is 0.00873. The van der Waals surface area contributed by atoms with Crippen LogP contribution in [0.1, 0.15) is 42.5 Å². The highest BCUT2D eigenvalue weighted by atomic mass is 32.2. The zero-order chi connectivity index (χ0) is 23.7. The van der Waals surface area contributed by atoms with E-state index in [1.165, 1.54) is 24.3 Å². The molecule has 1 aromatic carbocycles. The van der Waals surface area contributed by atoms with Gasteiger partial charge in [0.2, 0.25) is 15.9 Å². The number of aliphatic carboxylic acids is 1. The van der Waals surface area contributed by atoms with Crippen molar-refractivity contribution in [1.82, 2.24) is 10.0 Å². The number of carbonyl (C=O) groups excluding carboxylic acids is 1. The maximum atomic E-state index is 12.4. The Labute approximate surface area is 184 Å². The molecule has 0 heterocycles. The maximum Gasteiger partial charge on any atom is 0.335 e. The number of carbonyl (C=O) groups is 3. The van der Waals surface area contributed by atoms with Crippen LogP contribution in [-0.4, -0.2) is 55.6 Å². The van der Waals surface area contributed by atoms with Gasteiger partial charge < -0.3 is 15.5 Å². The second kappa shape index (κ2) is 11.5. The molecule has 1 atom stereocenters. The quantitative estimate of drug-likeness (QED) is 0.216. The van der Waals surface area contributed by atoms with E-state index in [2.05, 4.69) is 20.1 Å². The Balaban J connectivity index is 1.84. The summed E-state index contributed by atoms with van der Waals surface area (Å²) in [7, 11) is -3.79. The van der Waals surface area contributed by atoms with E-state index in [0.717, 1.165) is 0 Å². The van der Waals surface area contributed by atoms with Gasteiger partial charge in [-0.05, 0) is 61.4 Å². The molecule has 4 N–H and O–H groups in total. The van der Waals surface area contributed by atoms with E-state index in [0.29, 0.717) is 25.7 Å². The molecule has 32 heavy (non-hydrogen) atoms. The number of aromatic carboxylic acids is 1. The number of nitrogens with zero attached hydrogens (tertiary/aromatic N) is 3. The minimum Gasteiger partial charge on any atom is -0.481 e. The molecule has 1 aliphatic rings. The van der Waals surface area contributed by atoms with Crippen LogP contribution in [-0.2, 0) is 19.6 Å². The molecule has 1 fully saturated rings. The van der Waals surface area contributed by atoms with Crippen molar-refractivity contribution in [2.45, 2.75) is 43.0 Å². The Bertz CT molecular complexity index is 978. The van der Waals surface area contributed by atoms with E-state index >= 15 is 0 Å². The molecule has 12 nitrogen and oxygen atoms in total. The lowest BCUT2D eigenvalue weighted by molar-refractivity contribution is -0.137. The van der Waals surface area contributed by atoms with Gasteiger partial charge in [-0.2, -0.15) is 0 Å². The second-order valence-electron chi connectivity index (χ2n) is 7.62. The first-order valence-electron chi connectivity index (χ1n) is 9.98. The van der Waals surface area contributed by atoms with Crippen molar-refractivity contribution >= 4 is 27.9 Å². The lowest BCUT2D eigenvalue weighted by atomic mass is 9.81. The number of sulfonamides is 1. The Kier molecular flexibility index (Phi) is 9.00. The summed E-state index contributed by atoms with van der Waals surface area (Å²) in [6.45, 7) is 0.0367. The molecule has 0 unspecified atom stereocenters. The van der Waals surface area contributed by atoms with Crippen molar-refractivity contribution < 1.29 is 33.0 Å². The summed E-state index contributed by atoms with van der Waals surface area (Å²) >= 11 is 0. The standard InChI is InChI=1S/C19H25N5O7S/c20-24-21-11-15(9-17(25)26)23-18(27)13-3-1-12(2-4-13)10-22-32(30,31)16-7-5-14(6-8-16)19(28)29/h5-8,12-13,15,22H,1-4,9-11H2,(H,23,27)(H,25,26)(H,28,29)/t12?,13?,15-/m0/s1. The molecule has 2 rings (SSSR count). The van der Waals surface area contributed by atoms with E-state index < -0.39 is 28.0 Å². The monoisotopic (exact) mass is 467 g/mol. The van der Waals surface area contributed by atoms with Crippen LogP contribution in [0.15, 0.2) is 34.3 Å². The average Bonchev–Trinajstić information content (AvgIpc) is 2.76. The molecule has 13 heteroatoms. The lowest BCUT2D eigenvalue weighted by Crippen LogP contribution is -2.43. The number of carboxylic acid groups (broad SMARTS) is 2. The number of rotatable bonds is 11. The number of hydrogen-bond acceptors (Lipinski definition) is 6. The zero-order valence-corrected chi connectivity index (χ0v) is 18.0. The summed E-state index contributed by atoms with van der Waals surface area (Å²) < 4.78 is 27.4. The molecule has 1 aliphatic carbocycles. The molecule has 1 amide bonds. The SMILES string of the molecule is [N-]=[N+]=NC[C@H](CC(=O)O)NC(=O)C1CCC(CNS(=O)(=O)c2ccc(C(=O)O)cc2)CC1. The van der Waals surface area contributed by atoms with Gasteiger partial charge in [-0.3, -0.25) is 9.59 Å². The van der Waals surface area contributed by atoms with E-state index in [1.54, 1.807) is 0 Å². The van der Waals surface area contributed by atoms with E-state index in [9.17, 15) is 22.8 Å². The number of hydrogen-bond donors (Lipinski definition) is 4. The van der Waals surface area contributed by atoms with Gasteiger partial charge >= 0.3 is 11.9 Å². The third kappa shape index (κ3) is 7.52. The fraction of sp³-hybridized carbons (Fsp3) is 0.526. The van der Waals surface area contributed by atoms with Crippen molar-refractivity contribution in [3.05, 3.63) is 40.3 Å². The van der Waals surface area contributed by atoms with Gasteiger partial charge in [0.1, 0.15) is 0 Å². The molecule has 0 spiro atoms. The Morgan fingerprint density at radius 2 is 1.75 bits per heavy atom.